The summed E-state index contributed by atoms with van der Waals surface area (Å²) in [7, 11) is 0. The van der Waals surface area contributed by atoms with Crippen LogP contribution in [0.4, 0.5) is 0 Å². The first-order valence-electron chi connectivity index (χ1n) is 8.32. The fraction of sp³-hybridized carbons (Fsp3) is 0.0476. The van der Waals surface area contributed by atoms with Gasteiger partial charge in [0.05, 0.1) is 6.20 Å². The number of nitrogens with one attached hydrogen (secondary N) is 1. The molecular formula is C21H17N3O2. The van der Waals surface area contributed by atoms with Crippen molar-refractivity contribution < 1.29 is 9.32 Å². The number of rotatable bonds is 5. The lowest BCUT2D eigenvalue weighted by Gasteiger charge is -2.07. The van der Waals surface area contributed by atoms with E-state index in [9.17, 15) is 4.79 Å². The minimum atomic E-state index is -0.209. The summed E-state index contributed by atoms with van der Waals surface area (Å²) in [5.74, 6) is 0.269. The lowest BCUT2D eigenvalue weighted by molar-refractivity contribution is 0.0951. The van der Waals surface area contributed by atoms with Gasteiger partial charge in [-0.1, -0.05) is 47.6 Å². The zero-order valence-corrected chi connectivity index (χ0v) is 14.0. The predicted octanol–water partition coefficient (Wildman–Crippen LogP) is 4.06. The topological polar surface area (TPSA) is 60.1 Å². The normalized spacial score (nSPS) is 10.6. The number of carbonyl (C=O) groups excluding carboxylic acids is 1. The van der Waals surface area contributed by atoms with Crippen LogP contribution in [0.1, 0.15) is 15.9 Å². The number of amides is 1. The molecule has 0 radical (unpaired) electrons. The Hall–Kier alpha value is -3.60. The minimum Gasteiger partial charge on any atom is -0.355 e. The predicted molar refractivity (Wildman–Crippen MR) is 98.9 cm³/mol. The molecular weight excluding hydrogens is 326 g/mol. The summed E-state index contributed by atoms with van der Waals surface area (Å²) in [5, 5.41) is 6.70. The molecule has 4 rings (SSSR count). The summed E-state index contributed by atoms with van der Waals surface area (Å²) in [6.07, 6.45) is 5.44. The van der Waals surface area contributed by atoms with Crippen LogP contribution >= 0.6 is 0 Å². The van der Waals surface area contributed by atoms with Crippen LogP contribution in [0.25, 0.3) is 17.0 Å². The van der Waals surface area contributed by atoms with Crippen LogP contribution in [-0.2, 0) is 6.54 Å². The fourth-order valence-electron chi connectivity index (χ4n) is 2.77. The molecule has 0 saturated carbocycles. The van der Waals surface area contributed by atoms with E-state index < -0.39 is 0 Å². The van der Waals surface area contributed by atoms with Crippen molar-refractivity contribution in [2.45, 2.75) is 6.54 Å². The summed E-state index contributed by atoms with van der Waals surface area (Å²) in [6, 6.07) is 21.5. The molecule has 1 N–H and O–H groups in total. The fourth-order valence-corrected chi connectivity index (χ4v) is 2.77. The van der Waals surface area contributed by atoms with Gasteiger partial charge in [-0.15, -0.1) is 0 Å². The third kappa shape index (κ3) is 3.28. The molecule has 26 heavy (non-hydrogen) atoms. The second kappa shape index (κ2) is 7.11. The lowest BCUT2D eigenvalue weighted by Crippen LogP contribution is -2.22. The highest BCUT2D eigenvalue weighted by Gasteiger charge is 2.17. The molecule has 0 atom stereocenters. The van der Waals surface area contributed by atoms with Gasteiger partial charge in [-0.25, -0.2) is 0 Å². The van der Waals surface area contributed by atoms with Gasteiger partial charge in [0.25, 0.3) is 5.91 Å². The van der Waals surface area contributed by atoms with E-state index in [1.165, 1.54) is 6.20 Å². The first-order chi connectivity index (χ1) is 12.8. The van der Waals surface area contributed by atoms with Crippen LogP contribution in [0.5, 0.6) is 0 Å². The number of benzene rings is 2. The van der Waals surface area contributed by atoms with Crippen LogP contribution in [-0.4, -0.2) is 15.6 Å². The maximum Gasteiger partial charge on any atom is 0.257 e. The van der Waals surface area contributed by atoms with Crippen molar-refractivity contribution in [2.75, 3.05) is 0 Å². The first kappa shape index (κ1) is 15.9. The van der Waals surface area contributed by atoms with Crippen molar-refractivity contribution in [2.24, 2.45) is 0 Å². The SMILES string of the molecule is O=C(NCc1ccc(-n2cccc2)cc1)c1cnoc1-c1ccccc1. The summed E-state index contributed by atoms with van der Waals surface area (Å²) in [4.78, 5) is 12.5. The molecule has 0 bridgehead atoms. The smallest absolute Gasteiger partial charge is 0.257 e. The number of hydrogen-bond acceptors (Lipinski definition) is 3. The average molecular weight is 343 g/mol. The molecule has 0 unspecified atom stereocenters. The molecule has 5 nitrogen and oxygen atoms in total. The van der Waals surface area contributed by atoms with Crippen molar-refractivity contribution >= 4 is 5.91 Å². The van der Waals surface area contributed by atoms with E-state index in [0.717, 1.165) is 16.8 Å². The Morgan fingerprint density at radius 2 is 1.69 bits per heavy atom. The summed E-state index contributed by atoms with van der Waals surface area (Å²) in [6.45, 7) is 0.435. The molecule has 5 heteroatoms. The summed E-state index contributed by atoms with van der Waals surface area (Å²) >= 11 is 0. The van der Waals surface area contributed by atoms with Crippen LogP contribution in [0.15, 0.2) is 89.8 Å². The van der Waals surface area contributed by atoms with Gasteiger partial charge in [-0.2, -0.15) is 0 Å². The molecule has 128 valence electrons. The molecule has 2 aromatic heterocycles. The molecule has 1 amide bonds. The van der Waals surface area contributed by atoms with Crippen molar-refractivity contribution in [3.05, 3.63) is 96.4 Å². The van der Waals surface area contributed by atoms with E-state index in [1.807, 2.05) is 83.7 Å². The number of nitrogens with zero attached hydrogens (tertiary/aromatic N) is 2. The Morgan fingerprint density at radius 1 is 0.962 bits per heavy atom. The van der Waals surface area contributed by atoms with Gasteiger partial charge in [0.15, 0.2) is 5.76 Å². The number of aromatic nitrogens is 2. The van der Waals surface area contributed by atoms with Gasteiger partial charge >= 0.3 is 0 Å². The van der Waals surface area contributed by atoms with E-state index >= 15 is 0 Å². The van der Waals surface area contributed by atoms with Crippen molar-refractivity contribution in [3.63, 3.8) is 0 Å². The van der Waals surface area contributed by atoms with Gasteiger partial charge in [0, 0.05) is 30.2 Å². The third-order valence-electron chi connectivity index (χ3n) is 4.14. The van der Waals surface area contributed by atoms with E-state index in [0.29, 0.717) is 17.9 Å². The first-order valence-corrected chi connectivity index (χ1v) is 8.32. The molecule has 0 aliphatic rings. The molecule has 0 spiro atoms. The summed E-state index contributed by atoms with van der Waals surface area (Å²) < 4.78 is 7.30. The monoisotopic (exact) mass is 343 g/mol. The van der Waals surface area contributed by atoms with Crippen molar-refractivity contribution in [3.8, 4) is 17.0 Å². The van der Waals surface area contributed by atoms with Crippen LogP contribution in [0, 0.1) is 0 Å². The quantitative estimate of drug-likeness (QED) is 0.594. The van der Waals surface area contributed by atoms with Crippen LogP contribution in [0.2, 0.25) is 0 Å². The average Bonchev–Trinajstić information content (AvgIpc) is 3.39. The Kier molecular flexibility index (Phi) is 4.35. The van der Waals surface area contributed by atoms with E-state index in [4.69, 9.17) is 4.52 Å². The van der Waals surface area contributed by atoms with Gasteiger partial charge in [-0.05, 0) is 29.8 Å². The summed E-state index contributed by atoms with van der Waals surface area (Å²) in [5.41, 5.74) is 3.36. The van der Waals surface area contributed by atoms with Crippen molar-refractivity contribution in [1.82, 2.24) is 15.0 Å². The van der Waals surface area contributed by atoms with E-state index in [-0.39, 0.29) is 5.91 Å². The largest absolute Gasteiger partial charge is 0.355 e. The van der Waals surface area contributed by atoms with Gasteiger partial charge in [0.1, 0.15) is 5.56 Å². The lowest BCUT2D eigenvalue weighted by atomic mass is 10.1. The Balaban J connectivity index is 1.44. The highest BCUT2D eigenvalue weighted by atomic mass is 16.5. The zero-order chi connectivity index (χ0) is 17.8. The highest BCUT2D eigenvalue weighted by Crippen LogP contribution is 2.23. The molecule has 2 heterocycles. The number of carbonyl (C=O) groups is 1. The Morgan fingerprint density at radius 3 is 2.42 bits per heavy atom. The van der Waals surface area contributed by atoms with Crippen LogP contribution < -0.4 is 5.32 Å². The second-order valence-electron chi connectivity index (χ2n) is 5.87. The molecule has 2 aromatic carbocycles. The van der Waals surface area contributed by atoms with E-state index in [2.05, 4.69) is 10.5 Å². The standard InChI is InChI=1S/C21H17N3O2/c25-21(19-15-23-26-20(19)17-6-2-1-3-7-17)22-14-16-8-10-18(11-9-16)24-12-4-5-13-24/h1-13,15H,14H2,(H,22,25). The zero-order valence-electron chi connectivity index (χ0n) is 14.0. The number of hydrogen-bond donors (Lipinski definition) is 1. The van der Waals surface area contributed by atoms with Gasteiger partial charge < -0.3 is 14.4 Å². The van der Waals surface area contributed by atoms with Crippen LogP contribution in [0.3, 0.4) is 0 Å². The van der Waals surface area contributed by atoms with Gasteiger partial charge in [0.2, 0.25) is 0 Å². The second-order valence-corrected chi connectivity index (χ2v) is 5.87. The highest BCUT2D eigenvalue weighted by molar-refractivity contribution is 5.99. The molecule has 0 aliphatic heterocycles. The minimum absolute atomic E-state index is 0.209. The third-order valence-corrected chi connectivity index (χ3v) is 4.14. The maximum atomic E-state index is 12.5. The van der Waals surface area contributed by atoms with Gasteiger partial charge in [-0.3, -0.25) is 4.79 Å². The molecule has 0 aliphatic carbocycles. The maximum absolute atomic E-state index is 12.5. The Bertz CT molecular complexity index is 987. The Labute approximate surface area is 150 Å². The van der Waals surface area contributed by atoms with E-state index in [1.54, 1.807) is 0 Å². The molecule has 4 aromatic rings. The molecule has 0 saturated heterocycles. The molecule has 0 fully saturated rings. The van der Waals surface area contributed by atoms with Crippen molar-refractivity contribution in [1.29, 1.82) is 0 Å².